The van der Waals surface area contributed by atoms with Crippen LogP contribution in [0.2, 0.25) is 0 Å². The molecule has 11 heteroatoms. The molecule has 0 aliphatic rings. The molecule has 3 atom stereocenters. The first-order valence-corrected chi connectivity index (χ1v) is 13.2. The van der Waals surface area contributed by atoms with Crippen LogP contribution in [0.5, 0.6) is 0 Å². The average Bonchev–Trinajstić information content (AvgIpc) is 3.44. The van der Waals surface area contributed by atoms with Crippen molar-refractivity contribution >= 4 is 23.7 Å². The number of aliphatic carboxylic acids is 1. The summed E-state index contributed by atoms with van der Waals surface area (Å²) in [6, 6.07) is 17.1. The van der Waals surface area contributed by atoms with E-state index in [0.29, 0.717) is 12.8 Å². The summed E-state index contributed by atoms with van der Waals surface area (Å²) < 4.78 is 5.65. The van der Waals surface area contributed by atoms with Crippen molar-refractivity contribution in [2.45, 2.75) is 51.1 Å². The van der Waals surface area contributed by atoms with Gasteiger partial charge in [-0.1, -0.05) is 80.9 Å². The fourth-order valence-corrected chi connectivity index (χ4v) is 4.23. The van der Waals surface area contributed by atoms with E-state index in [0.717, 1.165) is 17.4 Å². The molecule has 0 saturated heterocycles. The molecule has 0 unspecified atom stereocenters. The zero-order valence-corrected chi connectivity index (χ0v) is 22.6. The van der Waals surface area contributed by atoms with Gasteiger partial charge in [-0.2, -0.15) is 0 Å². The van der Waals surface area contributed by atoms with Crippen LogP contribution >= 0.6 is 0 Å². The molecular weight excluding hydrogens is 512 g/mol. The van der Waals surface area contributed by atoms with Crippen LogP contribution in [-0.4, -0.2) is 46.4 Å². The van der Waals surface area contributed by atoms with Crippen molar-refractivity contribution in [3.63, 3.8) is 0 Å². The highest BCUT2D eigenvalue weighted by atomic mass is 16.4. The second kappa shape index (κ2) is 14.5. The SMILES string of the molecule is CC[C@H](C)[C@H](NC(=O)C(c1ccccc1)c1ccccc1)c1nc(C(=O)N[C@@H](CCCN=C(N)N)C(=O)O)co1. The van der Waals surface area contributed by atoms with Crippen LogP contribution in [0.3, 0.4) is 0 Å². The smallest absolute Gasteiger partial charge is 0.326 e. The number of carboxylic acid groups (broad SMARTS) is 1. The maximum atomic E-state index is 13.7. The molecule has 0 radical (unpaired) electrons. The van der Waals surface area contributed by atoms with Gasteiger partial charge in [-0.3, -0.25) is 14.6 Å². The standard InChI is InChI=1S/C29H36N6O5/c1-3-18(2)24(35-26(37)23(19-11-6-4-7-12-19)20-13-8-5-9-14-20)27-34-22(17-40-27)25(36)33-21(28(38)39)15-10-16-32-29(30)31/h4-9,11-14,17-18,21,23-24H,3,10,15-16H2,1-2H3,(H,33,36)(H,35,37)(H,38,39)(H4,30,31,32)/t18-,21-,24-/m0/s1. The number of amides is 2. The Morgan fingerprint density at radius 3 is 2.12 bits per heavy atom. The summed E-state index contributed by atoms with van der Waals surface area (Å²) in [6.45, 7) is 4.16. The molecule has 3 rings (SSSR count). The Labute approximate surface area is 233 Å². The summed E-state index contributed by atoms with van der Waals surface area (Å²) in [6.07, 6.45) is 2.34. The number of carboxylic acids is 1. The molecule has 40 heavy (non-hydrogen) atoms. The Morgan fingerprint density at radius 1 is 1.00 bits per heavy atom. The number of nitrogens with one attached hydrogen (secondary N) is 2. The molecule has 0 saturated carbocycles. The average molecular weight is 549 g/mol. The van der Waals surface area contributed by atoms with E-state index in [9.17, 15) is 19.5 Å². The summed E-state index contributed by atoms with van der Waals surface area (Å²) >= 11 is 0. The molecule has 3 aromatic rings. The lowest BCUT2D eigenvalue weighted by molar-refractivity contribution is -0.139. The monoisotopic (exact) mass is 548 g/mol. The van der Waals surface area contributed by atoms with E-state index in [1.165, 1.54) is 0 Å². The third kappa shape index (κ3) is 8.16. The molecule has 0 fully saturated rings. The number of aliphatic imine (C=N–C) groups is 1. The lowest BCUT2D eigenvalue weighted by Gasteiger charge is -2.25. The minimum atomic E-state index is -1.20. The fourth-order valence-electron chi connectivity index (χ4n) is 4.23. The Hall–Kier alpha value is -4.67. The maximum Gasteiger partial charge on any atom is 0.326 e. The predicted molar refractivity (Wildman–Crippen MR) is 150 cm³/mol. The predicted octanol–water partition coefficient (Wildman–Crippen LogP) is 2.95. The molecule has 0 bridgehead atoms. The molecule has 11 nitrogen and oxygen atoms in total. The highest BCUT2D eigenvalue weighted by Gasteiger charge is 2.31. The van der Waals surface area contributed by atoms with Crippen LogP contribution in [0.4, 0.5) is 0 Å². The highest BCUT2D eigenvalue weighted by molar-refractivity contribution is 5.94. The number of nitrogens with two attached hydrogens (primary N) is 2. The van der Waals surface area contributed by atoms with E-state index in [2.05, 4.69) is 20.6 Å². The summed E-state index contributed by atoms with van der Waals surface area (Å²) in [5.41, 5.74) is 12.2. The van der Waals surface area contributed by atoms with E-state index in [1.54, 1.807) is 0 Å². The van der Waals surface area contributed by atoms with Gasteiger partial charge in [0.15, 0.2) is 11.7 Å². The molecule has 2 aromatic carbocycles. The first-order valence-electron chi connectivity index (χ1n) is 13.2. The minimum absolute atomic E-state index is 0.0759. The Bertz CT molecular complexity index is 1250. The van der Waals surface area contributed by atoms with Crippen LogP contribution in [0.25, 0.3) is 0 Å². The van der Waals surface area contributed by atoms with Gasteiger partial charge in [-0.15, -0.1) is 0 Å². The Kier molecular flexibility index (Phi) is 10.8. The maximum absolute atomic E-state index is 13.7. The van der Waals surface area contributed by atoms with Gasteiger partial charge in [-0.25, -0.2) is 9.78 Å². The van der Waals surface area contributed by atoms with Crippen LogP contribution < -0.4 is 22.1 Å². The molecule has 1 heterocycles. The van der Waals surface area contributed by atoms with Gasteiger partial charge in [0, 0.05) is 6.54 Å². The number of carbonyl (C=O) groups excluding carboxylic acids is 2. The van der Waals surface area contributed by atoms with E-state index >= 15 is 0 Å². The summed E-state index contributed by atoms with van der Waals surface area (Å²) in [5, 5.41) is 15.1. The number of benzene rings is 2. The van der Waals surface area contributed by atoms with Crippen molar-refractivity contribution in [3.05, 3.63) is 89.6 Å². The van der Waals surface area contributed by atoms with Crippen LogP contribution in [0.15, 0.2) is 76.3 Å². The van der Waals surface area contributed by atoms with Crippen molar-refractivity contribution in [2.75, 3.05) is 6.54 Å². The van der Waals surface area contributed by atoms with Crippen molar-refractivity contribution in [3.8, 4) is 0 Å². The number of carbonyl (C=O) groups is 3. The van der Waals surface area contributed by atoms with E-state index < -0.39 is 29.9 Å². The van der Waals surface area contributed by atoms with Gasteiger partial charge in [0.25, 0.3) is 5.91 Å². The number of aromatic nitrogens is 1. The van der Waals surface area contributed by atoms with Gasteiger partial charge in [0.1, 0.15) is 18.3 Å². The lowest BCUT2D eigenvalue weighted by Crippen LogP contribution is -2.41. The second-order valence-corrected chi connectivity index (χ2v) is 9.51. The molecule has 2 amide bonds. The number of guanidine groups is 1. The van der Waals surface area contributed by atoms with E-state index in [-0.39, 0.29) is 42.3 Å². The summed E-state index contributed by atoms with van der Waals surface area (Å²) in [5.74, 6) is -2.71. The van der Waals surface area contributed by atoms with Gasteiger partial charge in [0.05, 0.1) is 5.92 Å². The van der Waals surface area contributed by atoms with E-state index in [4.69, 9.17) is 15.9 Å². The van der Waals surface area contributed by atoms with Crippen LogP contribution in [0, 0.1) is 5.92 Å². The zero-order chi connectivity index (χ0) is 29.1. The molecule has 0 aliphatic carbocycles. The number of hydrogen-bond donors (Lipinski definition) is 5. The quantitative estimate of drug-likeness (QED) is 0.116. The van der Waals surface area contributed by atoms with Gasteiger partial charge < -0.3 is 31.6 Å². The zero-order valence-electron chi connectivity index (χ0n) is 22.6. The van der Waals surface area contributed by atoms with Gasteiger partial charge >= 0.3 is 5.97 Å². The Morgan fingerprint density at radius 2 is 1.60 bits per heavy atom. The first kappa shape index (κ1) is 29.9. The molecule has 1 aromatic heterocycles. The lowest BCUT2D eigenvalue weighted by atomic mass is 9.89. The van der Waals surface area contributed by atoms with Crippen molar-refractivity contribution in [1.29, 1.82) is 0 Å². The molecule has 7 N–H and O–H groups in total. The number of hydrogen-bond acceptors (Lipinski definition) is 6. The normalized spacial score (nSPS) is 13.2. The van der Waals surface area contributed by atoms with Crippen molar-refractivity contribution < 1.29 is 23.9 Å². The first-order chi connectivity index (χ1) is 19.2. The third-order valence-corrected chi connectivity index (χ3v) is 6.61. The van der Waals surface area contributed by atoms with E-state index in [1.807, 2.05) is 74.5 Å². The molecular formula is C29H36N6O5. The van der Waals surface area contributed by atoms with Crippen LogP contribution in [-0.2, 0) is 9.59 Å². The van der Waals surface area contributed by atoms with Crippen LogP contribution in [0.1, 0.15) is 72.6 Å². The van der Waals surface area contributed by atoms with Gasteiger partial charge in [0.2, 0.25) is 11.8 Å². The Balaban J connectivity index is 1.78. The largest absolute Gasteiger partial charge is 0.480 e. The van der Waals surface area contributed by atoms with Crippen molar-refractivity contribution in [1.82, 2.24) is 15.6 Å². The van der Waals surface area contributed by atoms with Crippen molar-refractivity contribution in [2.24, 2.45) is 22.4 Å². The second-order valence-electron chi connectivity index (χ2n) is 9.51. The number of nitrogens with zero attached hydrogens (tertiary/aromatic N) is 2. The number of oxazole rings is 1. The molecule has 0 aliphatic heterocycles. The summed E-state index contributed by atoms with van der Waals surface area (Å²) in [7, 11) is 0. The molecule has 212 valence electrons. The fraction of sp³-hybridized carbons (Fsp3) is 0.345. The van der Waals surface area contributed by atoms with Gasteiger partial charge in [-0.05, 0) is 29.9 Å². The number of rotatable bonds is 14. The topological polar surface area (TPSA) is 186 Å². The minimum Gasteiger partial charge on any atom is -0.480 e. The summed E-state index contributed by atoms with van der Waals surface area (Å²) in [4.78, 5) is 46.4. The molecule has 0 spiro atoms. The third-order valence-electron chi connectivity index (χ3n) is 6.61. The highest BCUT2D eigenvalue weighted by Crippen LogP contribution is 2.29.